The van der Waals surface area contributed by atoms with Crippen molar-refractivity contribution in [3.05, 3.63) is 29.8 Å². The fourth-order valence-electron chi connectivity index (χ4n) is 2.66. The quantitative estimate of drug-likeness (QED) is 0.874. The molecule has 1 aromatic carbocycles. The predicted octanol–water partition coefficient (Wildman–Crippen LogP) is 3.00. The first-order valence-electron chi connectivity index (χ1n) is 6.56. The van der Waals surface area contributed by atoms with E-state index in [1.54, 1.807) is 12.1 Å². The van der Waals surface area contributed by atoms with Crippen molar-refractivity contribution < 1.29 is 9.90 Å². The molecule has 2 rings (SSSR count). The molecule has 1 aliphatic rings. The molecule has 0 saturated heterocycles. The normalized spacial score (nSPS) is 26.4. The molecule has 0 amide bonds. The first-order valence-corrected chi connectivity index (χ1v) is 6.56. The highest BCUT2D eigenvalue weighted by Gasteiger charge is 2.43. The molecule has 1 aromatic rings. The van der Waals surface area contributed by atoms with Crippen molar-refractivity contribution in [1.29, 1.82) is 5.26 Å². The summed E-state index contributed by atoms with van der Waals surface area (Å²) in [7, 11) is 0. The number of anilines is 1. The van der Waals surface area contributed by atoms with Gasteiger partial charge >= 0.3 is 5.97 Å². The lowest BCUT2D eigenvalue weighted by Gasteiger charge is -2.38. The monoisotopic (exact) mass is 258 g/mol. The van der Waals surface area contributed by atoms with Crippen LogP contribution in [0.3, 0.4) is 0 Å². The molecule has 1 fully saturated rings. The highest BCUT2D eigenvalue weighted by atomic mass is 16.4. The fraction of sp³-hybridized carbons (Fsp3) is 0.467. The number of aliphatic carboxylic acids is 1. The Balaban J connectivity index is 2.15. The molecular weight excluding hydrogens is 240 g/mol. The number of carboxylic acid groups (broad SMARTS) is 1. The second kappa shape index (κ2) is 5.31. The van der Waals surface area contributed by atoms with Gasteiger partial charge in [0.15, 0.2) is 0 Å². The second-order valence-electron chi connectivity index (χ2n) is 5.35. The third-order valence-corrected chi connectivity index (χ3v) is 4.05. The van der Waals surface area contributed by atoms with E-state index in [0.29, 0.717) is 12.0 Å². The van der Waals surface area contributed by atoms with Gasteiger partial charge in [0.2, 0.25) is 0 Å². The Morgan fingerprint density at radius 3 is 2.68 bits per heavy atom. The number of nitriles is 1. The molecule has 4 nitrogen and oxygen atoms in total. The maximum atomic E-state index is 11.5. The summed E-state index contributed by atoms with van der Waals surface area (Å²) in [4.78, 5) is 11.5. The molecule has 0 heterocycles. The van der Waals surface area contributed by atoms with E-state index in [1.165, 1.54) is 0 Å². The van der Waals surface area contributed by atoms with E-state index in [0.717, 1.165) is 24.9 Å². The lowest BCUT2D eigenvalue weighted by Crippen LogP contribution is -2.46. The van der Waals surface area contributed by atoms with Gasteiger partial charge in [-0.15, -0.1) is 0 Å². The minimum absolute atomic E-state index is 0.0633. The van der Waals surface area contributed by atoms with Gasteiger partial charge in [0.25, 0.3) is 0 Å². The zero-order valence-corrected chi connectivity index (χ0v) is 11.0. The van der Waals surface area contributed by atoms with Crippen molar-refractivity contribution >= 4 is 11.7 Å². The Hall–Kier alpha value is -2.02. The SMILES string of the molecule is CC1(C(=O)O)CCCCC1Nc1ccc(C#N)cc1. The lowest BCUT2D eigenvalue weighted by molar-refractivity contribution is -0.150. The highest BCUT2D eigenvalue weighted by Crippen LogP contribution is 2.38. The number of carboxylic acids is 1. The number of nitrogens with one attached hydrogen (secondary N) is 1. The van der Waals surface area contributed by atoms with Crippen molar-refractivity contribution in [2.75, 3.05) is 5.32 Å². The largest absolute Gasteiger partial charge is 0.481 e. The number of nitrogens with zero attached hydrogens (tertiary/aromatic N) is 1. The standard InChI is InChI=1S/C15H18N2O2/c1-15(14(18)19)9-3-2-4-13(15)17-12-7-5-11(10-16)6-8-12/h5-8,13,17H,2-4,9H2,1H3,(H,18,19). The molecule has 0 bridgehead atoms. The summed E-state index contributed by atoms with van der Waals surface area (Å²) >= 11 is 0. The summed E-state index contributed by atoms with van der Waals surface area (Å²) in [6.07, 6.45) is 3.59. The third-order valence-electron chi connectivity index (χ3n) is 4.05. The van der Waals surface area contributed by atoms with Gasteiger partial charge in [-0.05, 0) is 44.0 Å². The molecule has 19 heavy (non-hydrogen) atoms. The average molecular weight is 258 g/mol. The van der Waals surface area contributed by atoms with E-state index in [1.807, 2.05) is 19.1 Å². The van der Waals surface area contributed by atoms with Crippen molar-refractivity contribution in [3.63, 3.8) is 0 Å². The summed E-state index contributed by atoms with van der Waals surface area (Å²) in [5.41, 5.74) is 0.764. The first kappa shape index (κ1) is 13.4. The molecule has 100 valence electrons. The van der Waals surface area contributed by atoms with Gasteiger partial charge in [0.05, 0.1) is 17.0 Å². The molecule has 0 aliphatic heterocycles. The van der Waals surface area contributed by atoms with Crippen molar-refractivity contribution in [2.24, 2.45) is 5.41 Å². The van der Waals surface area contributed by atoms with Crippen LogP contribution in [0.2, 0.25) is 0 Å². The molecule has 4 heteroatoms. The van der Waals surface area contributed by atoms with Gasteiger partial charge in [0, 0.05) is 11.7 Å². The van der Waals surface area contributed by atoms with E-state index in [2.05, 4.69) is 11.4 Å². The van der Waals surface area contributed by atoms with Crippen LogP contribution in [-0.4, -0.2) is 17.1 Å². The Morgan fingerprint density at radius 2 is 2.11 bits per heavy atom. The summed E-state index contributed by atoms with van der Waals surface area (Å²) < 4.78 is 0. The van der Waals surface area contributed by atoms with Gasteiger partial charge in [0.1, 0.15) is 0 Å². The molecule has 2 unspecified atom stereocenters. The summed E-state index contributed by atoms with van der Waals surface area (Å²) in [5, 5.41) is 21.5. The van der Waals surface area contributed by atoms with Gasteiger partial charge in [-0.2, -0.15) is 5.26 Å². The molecule has 0 radical (unpaired) electrons. The molecule has 1 aliphatic carbocycles. The minimum atomic E-state index is -0.738. The third kappa shape index (κ3) is 2.70. The second-order valence-corrected chi connectivity index (χ2v) is 5.35. The number of rotatable bonds is 3. The summed E-state index contributed by atoms with van der Waals surface area (Å²) in [5.74, 6) is -0.738. The van der Waals surface area contributed by atoms with Crippen molar-refractivity contribution in [1.82, 2.24) is 0 Å². The van der Waals surface area contributed by atoms with Gasteiger partial charge < -0.3 is 10.4 Å². The maximum absolute atomic E-state index is 11.5. The highest BCUT2D eigenvalue weighted by molar-refractivity contribution is 5.76. The van der Waals surface area contributed by atoms with E-state index >= 15 is 0 Å². The van der Waals surface area contributed by atoms with Crippen LogP contribution in [0.5, 0.6) is 0 Å². The van der Waals surface area contributed by atoms with Gasteiger partial charge in [-0.25, -0.2) is 0 Å². The van der Waals surface area contributed by atoms with Gasteiger partial charge in [-0.3, -0.25) is 4.79 Å². The first-order chi connectivity index (χ1) is 9.06. The van der Waals surface area contributed by atoms with Crippen molar-refractivity contribution in [2.45, 2.75) is 38.6 Å². The van der Waals surface area contributed by atoms with E-state index in [9.17, 15) is 9.90 Å². The Bertz CT molecular complexity index is 504. The summed E-state index contributed by atoms with van der Waals surface area (Å²) in [6, 6.07) is 9.14. The maximum Gasteiger partial charge on any atom is 0.311 e. The number of benzene rings is 1. The number of carbonyl (C=O) groups is 1. The average Bonchev–Trinajstić information content (AvgIpc) is 2.42. The zero-order chi connectivity index (χ0) is 13.9. The van der Waals surface area contributed by atoms with Crippen LogP contribution < -0.4 is 5.32 Å². The van der Waals surface area contributed by atoms with E-state index < -0.39 is 11.4 Å². The smallest absolute Gasteiger partial charge is 0.311 e. The number of hydrogen-bond donors (Lipinski definition) is 2. The molecule has 0 aromatic heterocycles. The van der Waals surface area contributed by atoms with E-state index in [4.69, 9.17) is 5.26 Å². The molecular formula is C15H18N2O2. The van der Waals surface area contributed by atoms with Crippen LogP contribution in [0, 0.1) is 16.7 Å². The van der Waals surface area contributed by atoms with E-state index in [-0.39, 0.29) is 6.04 Å². The fourth-order valence-corrected chi connectivity index (χ4v) is 2.66. The topological polar surface area (TPSA) is 73.1 Å². The minimum Gasteiger partial charge on any atom is -0.481 e. The Kier molecular flexibility index (Phi) is 3.75. The van der Waals surface area contributed by atoms with Crippen LogP contribution in [-0.2, 0) is 4.79 Å². The molecule has 1 saturated carbocycles. The van der Waals surface area contributed by atoms with Crippen LogP contribution in [0.25, 0.3) is 0 Å². The molecule has 0 spiro atoms. The van der Waals surface area contributed by atoms with Gasteiger partial charge in [-0.1, -0.05) is 12.8 Å². The Labute approximate surface area is 113 Å². The van der Waals surface area contributed by atoms with Crippen molar-refractivity contribution in [3.8, 4) is 6.07 Å². The zero-order valence-electron chi connectivity index (χ0n) is 11.0. The predicted molar refractivity (Wildman–Crippen MR) is 72.8 cm³/mol. The van der Waals surface area contributed by atoms with Crippen LogP contribution in [0.1, 0.15) is 38.2 Å². The van der Waals surface area contributed by atoms with Crippen LogP contribution in [0.15, 0.2) is 24.3 Å². The number of hydrogen-bond acceptors (Lipinski definition) is 3. The Morgan fingerprint density at radius 1 is 1.42 bits per heavy atom. The summed E-state index contributed by atoms with van der Waals surface area (Å²) in [6.45, 7) is 1.82. The van der Waals surface area contributed by atoms with Crippen LogP contribution in [0.4, 0.5) is 5.69 Å². The molecule has 2 N–H and O–H groups in total. The molecule has 2 atom stereocenters. The van der Waals surface area contributed by atoms with Crippen LogP contribution >= 0.6 is 0 Å². The lowest BCUT2D eigenvalue weighted by atomic mass is 9.71.